The van der Waals surface area contributed by atoms with Gasteiger partial charge in [0, 0.05) is 24.2 Å². The van der Waals surface area contributed by atoms with E-state index in [4.69, 9.17) is 9.47 Å². The molecule has 2 heterocycles. The first-order valence-electron chi connectivity index (χ1n) is 9.22. The molecule has 0 aliphatic carbocycles. The van der Waals surface area contributed by atoms with Crippen molar-refractivity contribution in [3.05, 3.63) is 65.5 Å². The van der Waals surface area contributed by atoms with Gasteiger partial charge in [0.25, 0.3) is 0 Å². The van der Waals surface area contributed by atoms with Crippen molar-refractivity contribution in [1.29, 1.82) is 0 Å². The largest absolute Gasteiger partial charge is 0.504 e. The number of aromatic carboxylic acids is 1. The zero-order chi connectivity index (χ0) is 21.4. The molecule has 1 aliphatic rings. The number of phenols is 1. The number of hydrogen-bond acceptors (Lipinski definition) is 5. The van der Waals surface area contributed by atoms with Crippen LogP contribution in [0.4, 0.5) is 5.69 Å². The number of carbonyl (C=O) groups excluding carboxylic acids is 1. The second kappa shape index (κ2) is 7.47. The van der Waals surface area contributed by atoms with Crippen molar-refractivity contribution in [2.24, 2.45) is 0 Å². The average Bonchev–Trinajstić information content (AvgIpc) is 3.12. The third-order valence-corrected chi connectivity index (χ3v) is 5.21. The highest BCUT2D eigenvalue weighted by atomic mass is 16.5. The molecule has 0 bridgehead atoms. The lowest BCUT2D eigenvalue weighted by molar-refractivity contribution is -0.116. The topological polar surface area (TPSA) is 110 Å². The molecule has 1 atom stereocenters. The van der Waals surface area contributed by atoms with Crippen molar-refractivity contribution >= 4 is 17.6 Å². The van der Waals surface area contributed by atoms with Gasteiger partial charge in [0.15, 0.2) is 11.5 Å². The fraction of sp³-hybridized carbons (Fsp3) is 0.182. The number of hydrogen-bond donors (Lipinski definition) is 3. The van der Waals surface area contributed by atoms with Crippen molar-refractivity contribution in [3.63, 3.8) is 0 Å². The van der Waals surface area contributed by atoms with Gasteiger partial charge in [-0.25, -0.2) is 4.79 Å². The zero-order valence-electron chi connectivity index (χ0n) is 16.4. The lowest BCUT2D eigenvalue weighted by Gasteiger charge is -2.26. The summed E-state index contributed by atoms with van der Waals surface area (Å²) in [5.74, 6) is -0.960. The van der Waals surface area contributed by atoms with Crippen LogP contribution in [0.25, 0.3) is 5.69 Å². The summed E-state index contributed by atoms with van der Waals surface area (Å²) in [5.41, 5.74) is 2.28. The number of aromatic hydroxyl groups is 1. The number of nitrogens with zero attached hydrogens (tertiary/aromatic N) is 1. The number of carbonyl (C=O) groups is 2. The van der Waals surface area contributed by atoms with E-state index in [2.05, 4.69) is 5.32 Å². The molecule has 0 saturated carbocycles. The van der Waals surface area contributed by atoms with E-state index < -0.39 is 11.9 Å². The maximum atomic E-state index is 12.4. The maximum Gasteiger partial charge on any atom is 0.339 e. The summed E-state index contributed by atoms with van der Waals surface area (Å²) in [5, 5.41) is 22.6. The van der Waals surface area contributed by atoms with Crippen molar-refractivity contribution in [3.8, 4) is 22.9 Å². The van der Waals surface area contributed by atoms with E-state index >= 15 is 0 Å². The molecule has 0 saturated heterocycles. The Morgan fingerprint density at radius 2 is 1.87 bits per heavy atom. The third-order valence-electron chi connectivity index (χ3n) is 5.21. The number of amides is 1. The van der Waals surface area contributed by atoms with E-state index in [-0.39, 0.29) is 29.3 Å². The van der Waals surface area contributed by atoms with Crippen LogP contribution in [0.3, 0.4) is 0 Å². The number of ether oxygens (including phenoxy) is 2. The SMILES string of the molecule is COc1ccc(-n2cc(C(=O)O)c3c2C(c2ccc(OC)c(O)c2)CC(=O)N3)cc1. The zero-order valence-corrected chi connectivity index (χ0v) is 16.4. The normalized spacial score (nSPS) is 15.3. The van der Waals surface area contributed by atoms with Gasteiger partial charge in [0.2, 0.25) is 5.91 Å². The Kier molecular flexibility index (Phi) is 4.83. The minimum atomic E-state index is -1.14. The first-order valence-corrected chi connectivity index (χ1v) is 9.22. The molecular weight excluding hydrogens is 388 g/mol. The molecule has 1 aromatic heterocycles. The molecule has 3 N–H and O–H groups in total. The standard InChI is InChI=1S/C22H20N2O6/c1-29-14-6-4-13(5-7-14)24-11-16(22(27)28)20-21(24)15(10-19(26)23-20)12-3-8-18(30-2)17(25)9-12/h3-9,11,15,25H,10H2,1-2H3,(H,23,26)(H,27,28). The van der Waals surface area contributed by atoms with E-state index in [9.17, 15) is 19.8 Å². The Balaban J connectivity index is 1.92. The second-order valence-electron chi connectivity index (χ2n) is 6.91. The van der Waals surface area contributed by atoms with Crippen molar-refractivity contribution < 1.29 is 29.3 Å². The van der Waals surface area contributed by atoms with E-state index in [1.165, 1.54) is 19.4 Å². The maximum absolute atomic E-state index is 12.4. The number of methoxy groups -OCH3 is 2. The summed E-state index contributed by atoms with van der Waals surface area (Å²) in [7, 11) is 3.02. The van der Waals surface area contributed by atoms with Gasteiger partial charge in [-0.05, 0) is 42.0 Å². The average molecular weight is 408 g/mol. The monoisotopic (exact) mass is 408 g/mol. The second-order valence-corrected chi connectivity index (χ2v) is 6.91. The first-order chi connectivity index (χ1) is 14.4. The third kappa shape index (κ3) is 3.22. The summed E-state index contributed by atoms with van der Waals surface area (Å²) in [6.45, 7) is 0. The predicted molar refractivity (Wildman–Crippen MR) is 109 cm³/mol. The molecule has 30 heavy (non-hydrogen) atoms. The van der Waals surface area contributed by atoms with Crippen LogP contribution < -0.4 is 14.8 Å². The summed E-state index contributed by atoms with van der Waals surface area (Å²) in [6, 6.07) is 12.1. The van der Waals surface area contributed by atoms with E-state index in [1.807, 2.05) is 12.1 Å². The van der Waals surface area contributed by atoms with Gasteiger partial charge in [-0.1, -0.05) is 6.07 Å². The lowest BCUT2D eigenvalue weighted by atomic mass is 9.88. The molecule has 154 valence electrons. The summed E-state index contributed by atoms with van der Waals surface area (Å²) in [4.78, 5) is 24.3. The molecule has 1 unspecified atom stereocenters. The number of carboxylic acid groups (broad SMARTS) is 1. The van der Waals surface area contributed by atoms with E-state index in [0.29, 0.717) is 22.8 Å². The van der Waals surface area contributed by atoms with E-state index in [1.54, 1.807) is 35.9 Å². The molecule has 2 aromatic carbocycles. The minimum absolute atomic E-state index is 0.00315. The highest BCUT2D eigenvalue weighted by molar-refractivity contribution is 6.04. The highest BCUT2D eigenvalue weighted by Gasteiger charge is 2.34. The molecule has 0 radical (unpaired) electrons. The molecule has 8 heteroatoms. The number of nitrogens with one attached hydrogen (secondary N) is 1. The smallest absolute Gasteiger partial charge is 0.339 e. The Morgan fingerprint density at radius 3 is 2.47 bits per heavy atom. The number of aromatic nitrogens is 1. The van der Waals surface area contributed by atoms with Gasteiger partial charge >= 0.3 is 5.97 Å². The number of rotatable bonds is 5. The molecule has 8 nitrogen and oxygen atoms in total. The summed E-state index contributed by atoms with van der Waals surface area (Å²) in [6.07, 6.45) is 1.61. The number of benzene rings is 2. The van der Waals surface area contributed by atoms with Crippen LogP contribution >= 0.6 is 0 Å². The van der Waals surface area contributed by atoms with Crippen LogP contribution in [0, 0.1) is 0 Å². The molecule has 1 aliphatic heterocycles. The molecule has 0 spiro atoms. The minimum Gasteiger partial charge on any atom is -0.504 e. The number of phenolic OH excluding ortho intramolecular Hbond substituents is 1. The molecule has 1 amide bonds. The van der Waals surface area contributed by atoms with Crippen molar-refractivity contribution in [2.75, 3.05) is 19.5 Å². The van der Waals surface area contributed by atoms with Crippen LogP contribution in [0.5, 0.6) is 17.2 Å². The number of anilines is 1. The van der Waals surface area contributed by atoms with Crippen LogP contribution in [0.15, 0.2) is 48.7 Å². The van der Waals surface area contributed by atoms with E-state index in [0.717, 1.165) is 5.69 Å². The van der Waals surface area contributed by atoms with Crippen LogP contribution in [0.1, 0.15) is 34.0 Å². The van der Waals surface area contributed by atoms with Crippen LogP contribution in [0.2, 0.25) is 0 Å². The van der Waals surface area contributed by atoms with Gasteiger partial charge in [-0.15, -0.1) is 0 Å². The lowest BCUT2D eigenvalue weighted by Crippen LogP contribution is -2.25. The molecule has 3 aromatic rings. The molecule has 4 rings (SSSR count). The van der Waals surface area contributed by atoms with Crippen LogP contribution in [-0.2, 0) is 4.79 Å². The van der Waals surface area contributed by atoms with Gasteiger partial charge in [0.05, 0.1) is 25.6 Å². The first kappa shape index (κ1) is 19.4. The van der Waals surface area contributed by atoms with Gasteiger partial charge < -0.3 is 29.6 Å². The van der Waals surface area contributed by atoms with Crippen LogP contribution in [-0.4, -0.2) is 40.9 Å². The number of carboxylic acids is 1. The van der Waals surface area contributed by atoms with Gasteiger partial charge in [-0.2, -0.15) is 0 Å². The predicted octanol–water partition coefficient (Wildman–Crippen LogP) is 3.37. The Hall–Kier alpha value is -3.94. The highest BCUT2D eigenvalue weighted by Crippen LogP contribution is 2.43. The Labute approximate surface area is 172 Å². The Morgan fingerprint density at radius 1 is 1.13 bits per heavy atom. The fourth-order valence-electron chi connectivity index (χ4n) is 3.79. The fourth-order valence-corrected chi connectivity index (χ4v) is 3.79. The van der Waals surface area contributed by atoms with Gasteiger partial charge in [0.1, 0.15) is 11.3 Å². The summed E-state index contributed by atoms with van der Waals surface area (Å²) < 4.78 is 12.1. The molecular formula is C22H20N2O6. The quantitative estimate of drug-likeness (QED) is 0.597. The van der Waals surface area contributed by atoms with Gasteiger partial charge in [-0.3, -0.25) is 4.79 Å². The summed E-state index contributed by atoms with van der Waals surface area (Å²) >= 11 is 0. The van der Waals surface area contributed by atoms with Crippen molar-refractivity contribution in [2.45, 2.75) is 12.3 Å². The van der Waals surface area contributed by atoms with Crippen molar-refractivity contribution in [1.82, 2.24) is 4.57 Å². The number of fused-ring (bicyclic) bond motifs is 1. The Bertz CT molecular complexity index is 1130. The molecule has 0 fully saturated rings.